The second-order valence-electron chi connectivity index (χ2n) is 5.72. The molecule has 26 heavy (non-hydrogen) atoms. The minimum atomic E-state index is 0.419. The highest BCUT2D eigenvalue weighted by Crippen LogP contribution is 2.27. The molecule has 5 heteroatoms. The summed E-state index contributed by atoms with van der Waals surface area (Å²) in [7, 11) is 1.60. The van der Waals surface area contributed by atoms with Crippen LogP contribution in [0.5, 0.6) is 0 Å². The van der Waals surface area contributed by atoms with Gasteiger partial charge >= 0.3 is 0 Å². The van der Waals surface area contributed by atoms with E-state index in [1.54, 1.807) is 17.9 Å². The van der Waals surface area contributed by atoms with E-state index in [1.165, 1.54) is 0 Å². The van der Waals surface area contributed by atoms with Gasteiger partial charge in [-0.05, 0) is 45.4 Å². The van der Waals surface area contributed by atoms with Gasteiger partial charge in [-0.2, -0.15) is 10.4 Å². The van der Waals surface area contributed by atoms with Crippen molar-refractivity contribution in [3.05, 3.63) is 59.5 Å². The Morgan fingerprint density at radius 2 is 2.08 bits per heavy atom. The van der Waals surface area contributed by atoms with Crippen LogP contribution in [-0.4, -0.2) is 16.9 Å². The van der Waals surface area contributed by atoms with Gasteiger partial charge in [-0.3, -0.25) is 0 Å². The summed E-state index contributed by atoms with van der Waals surface area (Å²) in [4.78, 5) is 0. The van der Waals surface area contributed by atoms with Gasteiger partial charge in [0, 0.05) is 11.1 Å². The minimum Gasteiger partial charge on any atom is -0.496 e. The molecule has 0 radical (unpaired) electrons. The van der Waals surface area contributed by atoms with E-state index in [0.717, 1.165) is 24.0 Å². The molecule has 0 fully saturated rings. The number of rotatable bonds is 8. The summed E-state index contributed by atoms with van der Waals surface area (Å²) < 4.78 is 6.92. The van der Waals surface area contributed by atoms with Crippen LogP contribution in [0, 0.1) is 18.3 Å². The second kappa shape index (κ2) is 10.1. The number of methoxy groups -OCH3 is 1. The quantitative estimate of drug-likeness (QED) is 0.405. The molecular weight excluding hydrogens is 324 g/mol. The van der Waals surface area contributed by atoms with Crippen molar-refractivity contribution >= 4 is 17.1 Å². The maximum atomic E-state index is 9.66. The smallest absolute Gasteiger partial charge is 0.130 e. The van der Waals surface area contributed by atoms with Crippen molar-refractivity contribution in [3.8, 4) is 6.07 Å². The zero-order valence-corrected chi connectivity index (χ0v) is 16.3. The summed E-state index contributed by atoms with van der Waals surface area (Å²) in [5.74, 6) is 1.17. The highest BCUT2D eigenvalue weighted by molar-refractivity contribution is 5.81. The molecule has 0 atom stereocenters. The van der Waals surface area contributed by atoms with Crippen molar-refractivity contribution in [2.75, 3.05) is 12.8 Å². The predicted molar refractivity (Wildman–Crippen MR) is 109 cm³/mol. The number of aromatic nitrogens is 2. The van der Waals surface area contributed by atoms with Crippen LogP contribution in [0.2, 0.25) is 0 Å². The Kier molecular flexibility index (Phi) is 8.17. The van der Waals surface area contributed by atoms with Crippen LogP contribution in [0.4, 0.5) is 5.82 Å². The number of hydrogen-bond donors (Lipinski definition) is 1. The van der Waals surface area contributed by atoms with Gasteiger partial charge in [0.15, 0.2) is 0 Å². The lowest BCUT2D eigenvalue weighted by Gasteiger charge is -2.07. The SMILES string of the molecule is C=C(/C=C\CCC)n1nc(/C(C#N)=C/C(=C/C)C(=C\C)/OC)c(C)c1N. The highest BCUT2D eigenvalue weighted by Gasteiger charge is 2.17. The molecule has 0 unspecified atom stereocenters. The molecule has 0 aliphatic rings. The average Bonchev–Trinajstić information content (AvgIpc) is 2.94. The van der Waals surface area contributed by atoms with Crippen LogP contribution in [-0.2, 0) is 4.74 Å². The fourth-order valence-electron chi connectivity index (χ4n) is 2.45. The molecule has 2 N–H and O–H groups in total. The van der Waals surface area contributed by atoms with E-state index in [-0.39, 0.29) is 0 Å². The van der Waals surface area contributed by atoms with Crippen molar-refractivity contribution in [1.82, 2.24) is 9.78 Å². The monoisotopic (exact) mass is 352 g/mol. The molecule has 0 saturated carbocycles. The third kappa shape index (κ3) is 4.76. The summed E-state index contributed by atoms with van der Waals surface area (Å²) in [5, 5.41) is 14.2. The van der Waals surface area contributed by atoms with E-state index in [1.807, 2.05) is 45.1 Å². The van der Waals surface area contributed by atoms with Crippen LogP contribution in [0.15, 0.2) is 48.3 Å². The third-order valence-electron chi connectivity index (χ3n) is 3.96. The number of nitrogens with zero attached hydrogens (tertiary/aromatic N) is 3. The van der Waals surface area contributed by atoms with Crippen LogP contribution in [0.25, 0.3) is 11.3 Å². The number of ether oxygens (including phenoxy) is 1. The zero-order valence-electron chi connectivity index (χ0n) is 16.3. The van der Waals surface area contributed by atoms with Crippen LogP contribution >= 0.6 is 0 Å². The Morgan fingerprint density at radius 1 is 1.38 bits per heavy atom. The first-order valence-electron chi connectivity index (χ1n) is 8.65. The number of nitrogen functional groups attached to an aromatic ring is 1. The van der Waals surface area contributed by atoms with Gasteiger partial charge in [0.05, 0.1) is 18.4 Å². The number of unbranched alkanes of at least 4 members (excludes halogenated alkanes) is 1. The summed E-state index contributed by atoms with van der Waals surface area (Å²) in [6.07, 6.45) is 11.4. The predicted octanol–water partition coefficient (Wildman–Crippen LogP) is 5.00. The van der Waals surface area contributed by atoms with E-state index in [4.69, 9.17) is 10.5 Å². The molecule has 1 aromatic rings. The molecule has 1 rings (SSSR count). The number of nitriles is 1. The number of nitrogens with two attached hydrogens (primary N) is 1. The summed E-state index contributed by atoms with van der Waals surface area (Å²) >= 11 is 0. The molecular formula is C21H28N4O. The molecule has 138 valence electrons. The minimum absolute atomic E-state index is 0.419. The second-order valence-corrected chi connectivity index (χ2v) is 5.72. The van der Waals surface area contributed by atoms with Gasteiger partial charge < -0.3 is 10.5 Å². The molecule has 1 heterocycles. The van der Waals surface area contributed by atoms with Crippen molar-refractivity contribution in [3.63, 3.8) is 0 Å². The lowest BCUT2D eigenvalue weighted by atomic mass is 10.0. The maximum Gasteiger partial charge on any atom is 0.130 e. The maximum absolute atomic E-state index is 9.66. The standard InChI is InChI=1S/C21H28N4O/c1-7-10-11-12-15(4)25-21(23)16(5)20(24-25)18(14-22)13-17(8-2)19(9-3)26-6/h8-9,11-13H,4,7,10,23H2,1-3,5-6H3/b12-11-,17-8-,18-13+,19-9+. The summed E-state index contributed by atoms with van der Waals surface area (Å²) in [5.41, 5.74) is 9.38. The normalized spacial score (nSPS) is 13.2. The van der Waals surface area contributed by atoms with Gasteiger partial charge in [-0.1, -0.05) is 32.1 Å². The molecule has 0 aliphatic heterocycles. The fourth-order valence-corrected chi connectivity index (χ4v) is 2.45. The number of anilines is 1. The molecule has 0 aliphatic carbocycles. The zero-order chi connectivity index (χ0) is 19.7. The lowest BCUT2D eigenvalue weighted by Crippen LogP contribution is -2.02. The van der Waals surface area contributed by atoms with Crippen LogP contribution in [0.1, 0.15) is 44.9 Å². The van der Waals surface area contributed by atoms with Crippen LogP contribution < -0.4 is 5.73 Å². The van der Waals surface area contributed by atoms with Gasteiger partial charge in [0.1, 0.15) is 23.3 Å². The Hall–Kier alpha value is -3.00. The first-order valence-corrected chi connectivity index (χ1v) is 8.65. The van der Waals surface area contributed by atoms with Crippen molar-refractivity contribution in [2.24, 2.45) is 0 Å². The Bertz CT molecular complexity index is 814. The summed E-state index contributed by atoms with van der Waals surface area (Å²) in [6.45, 7) is 11.8. The van der Waals surface area contributed by atoms with Gasteiger partial charge in [0.25, 0.3) is 0 Å². The topological polar surface area (TPSA) is 76.9 Å². The molecule has 5 nitrogen and oxygen atoms in total. The van der Waals surface area contributed by atoms with Gasteiger partial charge in [0.2, 0.25) is 0 Å². The van der Waals surface area contributed by atoms with Gasteiger partial charge in [-0.15, -0.1) is 0 Å². The largest absolute Gasteiger partial charge is 0.496 e. The Labute approximate surface area is 156 Å². The molecule has 0 amide bonds. The third-order valence-corrected chi connectivity index (χ3v) is 3.96. The Morgan fingerprint density at radius 3 is 2.58 bits per heavy atom. The van der Waals surface area contributed by atoms with E-state index in [0.29, 0.717) is 28.5 Å². The molecule has 0 bridgehead atoms. The van der Waals surface area contributed by atoms with E-state index >= 15 is 0 Å². The molecule has 0 spiro atoms. The van der Waals surface area contributed by atoms with Crippen LogP contribution in [0.3, 0.4) is 0 Å². The first-order chi connectivity index (χ1) is 12.4. The van der Waals surface area contributed by atoms with Crippen molar-refractivity contribution in [2.45, 2.75) is 40.5 Å². The van der Waals surface area contributed by atoms with Crippen molar-refractivity contribution < 1.29 is 4.74 Å². The first kappa shape index (κ1) is 21.0. The van der Waals surface area contributed by atoms with Gasteiger partial charge in [-0.25, -0.2) is 4.68 Å². The Balaban J connectivity index is 3.37. The van der Waals surface area contributed by atoms with E-state index in [2.05, 4.69) is 24.7 Å². The lowest BCUT2D eigenvalue weighted by molar-refractivity contribution is 0.302. The van der Waals surface area contributed by atoms with E-state index < -0.39 is 0 Å². The number of hydrogen-bond acceptors (Lipinski definition) is 4. The molecule has 0 saturated heterocycles. The molecule has 0 aromatic carbocycles. The summed E-state index contributed by atoms with van der Waals surface area (Å²) in [6, 6.07) is 2.22. The average molecular weight is 352 g/mol. The highest BCUT2D eigenvalue weighted by atomic mass is 16.5. The number of allylic oxidation sites excluding steroid dienone is 7. The fraction of sp³-hybridized carbons (Fsp3) is 0.333. The van der Waals surface area contributed by atoms with E-state index in [9.17, 15) is 5.26 Å². The van der Waals surface area contributed by atoms with Crippen molar-refractivity contribution in [1.29, 1.82) is 5.26 Å². The molecule has 1 aromatic heterocycles.